The van der Waals surface area contributed by atoms with Gasteiger partial charge >= 0.3 is 5.69 Å². The lowest BCUT2D eigenvalue weighted by Gasteiger charge is -2.13. The van der Waals surface area contributed by atoms with Crippen LogP contribution in [0.25, 0.3) is 0 Å². The standard InChI is InChI=1S/C10H11IN2O4/c1-12(2)10(14)7-4-6(11)5-8(13(15)16)9(7)17-3/h4-5H,1-3H3. The number of ether oxygens (including phenoxy) is 1. The number of nitrogens with zero attached hydrogens (tertiary/aromatic N) is 2. The summed E-state index contributed by atoms with van der Waals surface area (Å²) in [6.07, 6.45) is 0. The first kappa shape index (κ1) is 13.7. The third-order valence-electron chi connectivity index (χ3n) is 2.07. The van der Waals surface area contributed by atoms with Crippen molar-refractivity contribution in [3.05, 3.63) is 31.4 Å². The molecular formula is C10H11IN2O4. The fraction of sp³-hybridized carbons (Fsp3) is 0.300. The summed E-state index contributed by atoms with van der Waals surface area (Å²) >= 11 is 1.92. The second-order valence-corrected chi connectivity index (χ2v) is 4.71. The van der Waals surface area contributed by atoms with Crippen molar-refractivity contribution in [2.45, 2.75) is 0 Å². The number of carbonyl (C=O) groups excluding carboxylic acids is 1. The van der Waals surface area contributed by atoms with Gasteiger partial charge in [-0.25, -0.2) is 0 Å². The highest BCUT2D eigenvalue weighted by Crippen LogP contribution is 2.33. The smallest absolute Gasteiger partial charge is 0.312 e. The van der Waals surface area contributed by atoms with E-state index in [0.29, 0.717) is 3.57 Å². The van der Waals surface area contributed by atoms with Gasteiger partial charge in [0, 0.05) is 23.7 Å². The van der Waals surface area contributed by atoms with E-state index in [1.165, 1.54) is 18.1 Å². The summed E-state index contributed by atoms with van der Waals surface area (Å²) in [6, 6.07) is 2.93. The summed E-state index contributed by atoms with van der Waals surface area (Å²) < 4.78 is 5.58. The molecule has 0 fully saturated rings. The quantitative estimate of drug-likeness (QED) is 0.474. The van der Waals surface area contributed by atoms with E-state index >= 15 is 0 Å². The van der Waals surface area contributed by atoms with Gasteiger partial charge in [-0.05, 0) is 28.7 Å². The molecule has 1 rings (SSSR count). The first-order chi connectivity index (χ1) is 7.88. The molecule has 0 saturated heterocycles. The van der Waals surface area contributed by atoms with Gasteiger partial charge in [0.2, 0.25) is 5.75 Å². The van der Waals surface area contributed by atoms with Gasteiger partial charge in [-0.1, -0.05) is 0 Å². The molecule has 0 aromatic heterocycles. The fourth-order valence-corrected chi connectivity index (χ4v) is 1.94. The molecule has 0 saturated carbocycles. The van der Waals surface area contributed by atoms with Crippen LogP contribution in [0.1, 0.15) is 10.4 Å². The zero-order chi connectivity index (χ0) is 13.2. The van der Waals surface area contributed by atoms with Crippen LogP contribution in [-0.2, 0) is 0 Å². The minimum atomic E-state index is -0.562. The van der Waals surface area contributed by atoms with E-state index in [1.807, 2.05) is 22.6 Å². The van der Waals surface area contributed by atoms with Gasteiger partial charge in [0.25, 0.3) is 5.91 Å². The number of benzene rings is 1. The molecule has 0 radical (unpaired) electrons. The van der Waals surface area contributed by atoms with Crippen LogP contribution in [0, 0.1) is 13.7 Å². The number of rotatable bonds is 3. The molecule has 0 unspecified atom stereocenters. The lowest BCUT2D eigenvalue weighted by atomic mass is 10.1. The zero-order valence-electron chi connectivity index (χ0n) is 9.56. The van der Waals surface area contributed by atoms with Gasteiger partial charge in [-0.15, -0.1) is 0 Å². The number of hydrogen-bond donors (Lipinski definition) is 0. The molecule has 1 aromatic rings. The van der Waals surface area contributed by atoms with Crippen LogP contribution >= 0.6 is 22.6 Å². The monoisotopic (exact) mass is 350 g/mol. The third-order valence-corrected chi connectivity index (χ3v) is 2.69. The van der Waals surface area contributed by atoms with Gasteiger partial charge in [-0.2, -0.15) is 0 Å². The first-order valence-corrected chi connectivity index (χ1v) is 5.70. The molecule has 0 heterocycles. The van der Waals surface area contributed by atoms with E-state index in [9.17, 15) is 14.9 Å². The van der Waals surface area contributed by atoms with Gasteiger partial charge in [0.1, 0.15) is 0 Å². The van der Waals surface area contributed by atoms with E-state index < -0.39 is 4.92 Å². The van der Waals surface area contributed by atoms with Gasteiger partial charge in [0.05, 0.1) is 17.6 Å². The summed E-state index contributed by atoms with van der Waals surface area (Å²) in [5, 5.41) is 10.9. The summed E-state index contributed by atoms with van der Waals surface area (Å²) in [6.45, 7) is 0. The van der Waals surface area contributed by atoms with Crippen molar-refractivity contribution in [3.8, 4) is 5.75 Å². The van der Waals surface area contributed by atoms with Crippen molar-refractivity contribution in [2.24, 2.45) is 0 Å². The molecule has 17 heavy (non-hydrogen) atoms. The Hall–Kier alpha value is -1.38. The lowest BCUT2D eigenvalue weighted by Crippen LogP contribution is -2.22. The molecule has 0 aliphatic rings. The molecule has 0 spiro atoms. The van der Waals surface area contributed by atoms with Crippen molar-refractivity contribution < 1.29 is 14.5 Å². The average Bonchev–Trinajstić information content (AvgIpc) is 2.26. The van der Waals surface area contributed by atoms with Crippen LogP contribution < -0.4 is 4.74 Å². The summed E-state index contributed by atoms with van der Waals surface area (Å²) in [4.78, 5) is 23.5. The molecule has 1 amide bonds. The molecule has 0 aliphatic heterocycles. The Morgan fingerprint density at radius 2 is 2.06 bits per heavy atom. The average molecular weight is 350 g/mol. The predicted octanol–water partition coefficient (Wildman–Crippen LogP) is 1.91. The second-order valence-electron chi connectivity index (χ2n) is 3.46. The van der Waals surface area contributed by atoms with Crippen LogP contribution in [0.4, 0.5) is 5.69 Å². The maximum Gasteiger partial charge on any atom is 0.312 e. The van der Waals surface area contributed by atoms with E-state index in [4.69, 9.17) is 4.74 Å². The fourth-order valence-electron chi connectivity index (χ4n) is 1.33. The minimum Gasteiger partial charge on any atom is -0.490 e. The highest BCUT2D eigenvalue weighted by atomic mass is 127. The lowest BCUT2D eigenvalue weighted by molar-refractivity contribution is -0.385. The van der Waals surface area contributed by atoms with E-state index in [1.54, 1.807) is 20.2 Å². The Morgan fingerprint density at radius 3 is 2.47 bits per heavy atom. The topological polar surface area (TPSA) is 72.7 Å². The first-order valence-electron chi connectivity index (χ1n) is 4.62. The molecule has 0 bridgehead atoms. The molecule has 0 atom stereocenters. The zero-order valence-corrected chi connectivity index (χ0v) is 11.7. The molecule has 92 valence electrons. The second kappa shape index (κ2) is 5.30. The number of hydrogen-bond acceptors (Lipinski definition) is 4. The number of nitro groups is 1. The Bertz CT molecular complexity index is 474. The van der Waals surface area contributed by atoms with Crippen LogP contribution in [0.2, 0.25) is 0 Å². The Balaban J connectivity index is 3.48. The van der Waals surface area contributed by atoms with Crippen LogP contribution in [0.15, 0.2) is 12.1 Å². The van der Waals surface area contributed by atoms with Crippen LogP contribution in [0.3, 0.4) is 0 Å². The minimum absolute atomic E-state index is 0.00545. The number of nitro benzene ring substituents is 1. The van der Waals surface area contributed by atoms with E-state index in [0.717, 1.165) is 0 Å². The van der Waals surface area contributed by atoms with Gasteiger partial charge in [-0.3, -0.25) is 14.9 Å². The number of carbonyl (C=O) groups is 1. The number of methoxy groups -OCH3 is 1. The Labute approximate surface area is 112 Å². The predicted molar refractivity (Wildman–Crippen MR) is 70.4 cm³/mol. The van der Waals surface area contributed by atoms with E-state index in [2.05, 4.69) is 0 Å². The molecule has 6 nitrogen and oxygen atoms in total. The van der Waals surface area contributed by atoms with Crippen molar-refractivity contribution >= 4 is 34.2 Å². The summed E-state index contributed by atoms with van der Waals surface area (Å²) in [5.41, 5.74) is -0.0132. The van der Waals surface area contributed by atoms with Crippen molar-refractivity contribution in [1.29, 1.82) is 0 Å². The molecule has 0 N–H and O–H groups in total. The highest BCUT2D eigenvalue weighted by molar-refractivity contribution is 14.1. The molecule has 0 aliphatic carbocycles. The highest BCUT2D eigenvalue weighted by Gasteiger charge is 2.24. The molecule has 7 heteroatoms. The SMILES string of the molecule is COc1c(C(=O)N(C)C)cc(I)cc1[N+](=O)[O-]. The van der Waals surface area contributed by atoms with Gasteiger partial charge < -0.3 is 9.64 Å². The maximum atomic E-state index is 11.9. The summed E-state index contributed by atoms with van der Waals surface area (Å²) in [5.74, 6) is -0.336. The third kappa shape index (κ3) is 2.84. The Kier molecular flexibility index (Phi) is 4.27. The largest absolute Gasteiger partial charge is 0.490 e. The van der Waals surface area contributed by atoms with Crippen molar-refractivity contribution in [1.82, 2.24) is 4.90 Å². The van der Waals surface area contributed by atoms with Gasteiger partial charge in [0.15, 0.2) is 0 Å². The Morgan fingerprint density at radius 1 is 1.47 bits per heavy atom. The van der Waals surface area contributed by atoms with Crippen molar-refractivity contribution in [2.75, 3.05) is 21.2 Å². The van der Waals surface area contributed by atoms with Crippen LogP contribution in [-0.4, -0.2) is 36.9 Å². The number of halogens is 1. The summed E-state index contributed by atoms with van der Waals surface area (Å²) in [7, 11) is 4.46. The maximum absolute atomic E-state index is 11.9. The molecular weight excluding hydrogens is 339 g/mol. The van der Waals surface area contributed by atoms with Crippen molar-refractivity contribution in [3.63, 3.8) is 0 Å². The molecule has 1 aromatic carbocycles. The normalized spacial score (nSPS) is 9.88. The van der Waals surface area contributed by atoms with Crippen LogP contribution in [0.5, 0.6) is 5.75 Å². The van der Waals surface area contributed by atoms with E-state index in [-0.39, 0.29) is 22.9 Å². The number of amides is 1.